The van der Waals surface area contributed by atoms with Gasteiger partial charge in [0.1, 0.15) is 0 Å². The number of aromatic nitrogens is 4. The molecule has 0 atom stereocenters. The number of anilines is 2. The Kier molecular flexibility index (Phi) is 17.1. The molecule has 0 amide bonds. The molecule has 6 heteroatoms. The van der Waals surface area contributed by atoms with Crippen LogP contribution in [0, 0.1) is 13.8 Å². The summed E-state index contributed by atoms with van der Waals surface area (Å²) in [6.07, 6.45) is 24.4. The molecule has 0 saturated carbocycles. The topological polar surface area (TPSA) is 58.0 Å². The summed E-state index contributed by atoms with van der Waals surface area (Å²) in [5.41, 5.74) is 7.13. The molecule has 6 nitrogen and oxygen atoms in total. The lowest BCUT2D eigenvalue weighted by molar-refractivity contribution is 0.608. The molecule has 2 aromatic heterocycles. The minimum Gasteiger partial charge on any atom is -0.352 e. The highest BCUT2D eigenvalue weighted by molar-refractivity contribution is 5.51. The fourth-order valence-corrected chi connectivity index (χ4v) is 6.50. The molecule has 2 aromatic rings. The molecule has 0 N–H and O–H groups in total. The van der Waals surface area contributed by atoms with E-state index in [0.29, 0.717) is 0 Å². The highest BCUT2D eigenvalue weighted by Gasteiger charge is 2.25. The van der Waals surface area contributed by atoms with Crippen LogP contribution >= 0.6 is 0 Å². The lowest BCUT2D eigenvalue weighted by Gasteiger charge is -2.37. The van der Waals surface area contributed by atoms with Gasteiger partial charge in [0.05, 0.1) is 34.2 Å². The van der Waals surface area contributed by atoms with Gasteiger partial charge in [-0.05, 0) is 65.2 Å². The summed E-state index contributed by atoms with van der Waals surface area (Å²) in [7, 11) is 0. The van der Waals surface area contributed by atoms with Gasteiger partial charge in [-0.1, -0.05) is 105 Å². The van der Waals surface area contributed by atoms with Crippen LogP contribution in [0.4, 0.5) is 11.6 Å². The van der Waals surface area contributed by atoms with E-state index in [1.165, 1.54) is 126 Å². The van der Waals surface area contributed by atoms with Crippen molar-refractivity contribution in [3.8, 4) is 0 Å². The van der Waals surface area contributed by atoms with Gasteiger partial charge in [0.25, 0.3) is 0 Å². The molecule has 3 heterocycles. The van der Waals surface area contributed by atoms with Crippen LogP contribution in [-0.4, -0.2) is 46.1 Å². The van der Waals surface area contributed by atoms with Crippen molar-refractivity contribution in [2.24, 2.45) is 0 Å². The van der Waals surface area contributed by atoms with Gasteiger partial charge in [0.2, 0.25) is 0 Å². The Labute approximate surface area is 271 Å². The molecule has 3 rings (SSSR count). The number of unbranched alkanes of at least 4 members (excludes halogenated alkanes) is 12. The van der Waals surface area contributed by atoms with Gasteiger partial charge >= 0.3 is 0 Å². The number of rotatable bonds is 22. The van der Waals surface area contributed by atoms with Crippen LogP contribution in [0.25, 0.3) is 0 Å². The van der Waals surface area contributed by atoms with E-state index in [2.05, 4.69) is 51.3 Å². The van der Waals surface area contributed by atoms with Gasteiger partial charge in [-0.25, -0.2) is 9.97 Å². The molecule has 0 spiro atoms. The predicted octanol–water partition coefficient (Wildman–Crippen LogP) is 9.70. The molecular weight excluding hydrogens is 540 g/mol. The summed E-state index contributed by atoms with van der Waals surface area (Å²) < 4.78 is 0. The van der Waals surface area contributed by atoms with Crippen molar-refractivity contribution < 1.29 is 0 Å². The third-order valence-electron chi connectivity index (χ3n) is 9.39. The van der Waals surface area contributed by atoms with E-state index in [1.54, 1.807) is 0 Å². The Morgan fingerprint density at radius 3 is 0.977 bits per heavy atom. The van der Waals surface area contributed by atoms with Crippen molar-refractivity contribution in [2.75, 3.05) is 36.0 Å². The van der Waals surface area contributed by atoms with Gasteiger partial charge < -0.3 is 9.80 Å². The van der Waals surface area contributed by atoms with Crippen LogP contribution in [0.5, 0.6) is 0 Å². The van der Waals surface area contributed by atoms with E-state index in [0.717, 1.165) is 74.9 Å². The van der Waals surface area contributed by atoms with Crippen LogP contribution < -0.4 is 9.80 Å². The van der Waals surface area contributed by atoms with E-state index in [-0.39, 0.29) is 0 Å². The second-order valence-electron chi connectivity index (χ2n) is 13.3. The summed E-state index contributed by atoms with van der Waals surface area (Å²) in [5.74, 6) is 2.31. The van der Waals surface area contributed by atoms with Crippen molar-refractivity contribution in [1.82, 2.24) is 19.9 Å². The molecule has 0 aliphatic carbocycles. The fraction of sp³-hybridized carbons (Fsp3) is 0.789. The maximum Gasteiger partial charge on any atom is 0.150 e. The number of piperazine rings is 1. The zero-order valence-corrected chi connectivity index (χ0v) is 29.7. The predicted molar refractivity (Wildman–Crippen MR) is 189 cm³/mol. The normalized spacial score (nSPS) is 13.7. The summed E-state index contributed by atoms with van der Waals surface area (Å²) in [6.45, 7) is 17.3. The van der Waals surface area contributed by atoms with Crippen molar-refractivity contribution in [3.63, 3.8) is 0 Å². The Bertz CT molecular complexity index is 990. The molecule has 44 heavy (non-hydrogen) atoms. The zero-order chi connectivity index (χ0) is 31.6. The highest BCUT2D eigenvalue weighted by atomic mass is 15.3. The second kappa shape index (κ2) is 20.7. The average molecular weight is 607 g/mol. The van der Waals surface area contributed by atoms with E-state index < -0.39 is 0 Å². The van der Waals surface area contributed by atoms with Crippen LogP contribution in [0.2, 0.25) is 0 Å². The maximum absolute atomic E-state index is 5.36. The van der Waals surface area contributed by atoms with Crippen LogP contribution in [0.1, 0.15) is 165 Å². The summed E-state index contributed by atoms with van der Waals surface area (Å²) >= 11 is 0. The monoisotopic (exact) mass is 607 g/mol. The minimum atomic E-state index is 0.964. The quantitative estimate of drug-likeness (QED) is 0.124. The fourth-order valence-electron chi connectivity index (χ4n) is 6.50. The average Bonchev–Trinajstić information content (AvgIpc) is 3.03. The molecule has 1 aliphatic rings. The highest BCUT2D eigenvalue weighted by Crippen LogP contribution is 2.27. The molecular formula is C38H66N6. The number of aryl methyl sites for hydroxylation is 6. The van der Waals surface area contributed by atoms with Crippen LogP contribution in [0.3, 0.4) is 0 Å². The molecule has 248 valence electrons. The van der Waals surface area contributed by atoms with Gasteiger partial charge in [0, 0.05) is 26.2 Å². The van der Waals surface area contributed by atoms with Crippen LogP contribution in [-0.2, 0) is 25.7 Å². The molecule has 1 saturated heterocycles. The van der Waals surface area contributed by atoms with Gasteiger partial charge in [-0.3, -0.25) is 9.97 Å². The minimum absolute atomic E-state index is 0.964. The van der Waals surface area contributed by atoms with Gasteiger partial charge in [0.15, 0.2) is 11.6 Å². The number of hydrogen-bond donors (Lipinski definition) is 0. The Morgan fingerprint density at radius 2 is 0.682 bits per heavy atom. The van der Waals surface area contributed by atoms with E-state index in [9.17, 15) is 0 Å². The Balaban J connectivity index is 1.79. The first-order valence-corrected chi connectivity index (χ1v) is 18.7. The molecule has 0 aromatic carbocycles. The Morgan fingerprint density at radius 1 is 0.386 bits per heavy atom. The molecule has 1 fully saturated rings. The summed E-state index contributed by atoms with van der Waals surface area (Å²) in [4.78, 5) is 26.2. The first-order chi connectivity index (χ1) is 21.5. The number of hydrogen-bond acceptors (Lipinski definition) is 6. The van der Waals surface area contributed by atoms with Crippen molar-refractivity contribution in [2.45, 2.75) is 170 Å². The van der Waals surface area contributed by atoms with Gasteiger partial charge in [-0.2, -0.15) is 0 Å². The second-order valence-corrected chi connectivity index (χ2v) is 13.3. The summed E-state index contributed by atoms with van der Waals surface area (Å²) in [5, 5.41) is 0. The maximum atomic E-state index is 5.36. The molecule has 0 radical (unpaired) electrons. The smallest absolute Gasteiger partial charge is 0.150 e. The summed E-state index contributed by atoms with van der Waals surface area (Å²) in [6, 6.07) is 0. The molecule has 0 unspecified atom stereocenters. The van der Waals surface area contributed by atoms with E-state index in [1.807, 2.05) is 0 Å². The number of nitrogens with zero attached hydrogens (tertiary/aromatic N) is 6. The largest absolute Gasteiger partial charge is 0.352 e. The first-order valence-electron chi connectivity index (χ1n) is 18.7. The Hall–Kier alpha value is -2.24. The van der Waals surface area contributed by atoms with Crippen molar-refractivity contribution in [1.29, 1.82) is 0 Å². The SMILES string of the molecule is CCCCCCc1nc(N2CCN(c3nc(CCCCCC)c(C)nc3CCCCCC)CC2)c(CCCCCC)nc1C. The third kappa shape index (κ3) is 11.6. The standard InChI is InChI=1S/C38H66N6/c1-7-11-15-19-23-33-31(5)39-35(25-21-17-13-9-3)37(41-33)43-27-29-44(30-28-43)38-36(26-22-18-14-10-4)40-32(6)34(42-38)24-20-16-12-8-2/h7-30H2,1-6H3. The lowest BCUT2D eigenvalue weighted by atomic mass is 10.1. The van der Waals surface area contributed by atoms with E-state index in [4.69, 9.17) is 19.9 Å². The van der Waals surface area contributed by atoms with Crippen LogP contribution in [0.15, 0.2) is 0 Å². The molecule has 0 bridgehead atoms. The lowest BCUT2D eigenvalue weighted by Crippen LogP contribution is -2.48. The first kappa shape index (κ1) is 36.2. The zero-order valence-electron chi connectivity index (χ0n) is 29.7. The van der Waals surface area contributed by atoms with Gasteiger partial charge in [-0.15, -0.1) is 0 Å². The van der Waals surface area contributed by atoms with Crippen molar-refractivity contribution >= 4 is 11.6 Å². The van der Waals surface area contributed by atoms with Crippen molar-refractivity contribution in [3.05, 3.63) is 34.2 Å². The third-order valence-corrected chi connectivity index (χ3v) is 9.39. The molecule has 1 aliphatic heterocycles. The van der Waals surface area contributed by atoms with E-state index >= 15 is 0 Å².